The topological polar surface area (TPSA) is 36.9 Å². The highest BCUT2D eigenvalue weighted by molar-refractivity contribution is 5.21. The molecule has 0 aliphatic carbocycles. The molecule has 0 bridgehead atoms. The van der Waals surface area contributed by atoms with Crippen LogP contribution in [0.5, 0.6) is 5.75 Å². The molecule has 0 radical (unpaired) electrons. The predicted octanol–water partition coefficient (Wildman–Crippen LogP) is 2.45. The molecule has 0 spiro atoms. The highest BCUT2D eigenvalue weighted by Crippen LogP contribution is 2.33. The second kappa shape index (κ2) is 3.48. The summed E-state index contributed by atoms with van der Waals surface area (Å²) in [5.41, 5.74) is 0. The van der Waals surface area contributed by atoms with Gasteiger partial charge in [0.2, 0.25) is 5.79 Å². The van der Waals surface area contributed by atoms with Crippen molar-refractivity contribution in [3.8, 4) is 5.75 Å². The summed E-state index contributed by atoms with van der Waals surface area (Å²) in [4.78, 5) is 10.00. The smallest absolute Gasteiger partial charge is 0.354 e. The molecule has 4 nitrogen and oxygen atoms in total. The van der Waals surface area contributed by atoms with Crippen LogP contribution in [-0.2, 0) is 14.5 Å². The summed E-state index contributed by atoms with van der Waals surface area (Å²) in [7, 11) is 0. The summed E-state index contributed by atoms with van der Waals surface area (Å²) in [5.74, 6) is -1.31. The number of hydrogen-bond acceptors (Lipinski definition) is 4. The molecule has 0 saturated carbocycles. The fourth-order valence-electron chi connectivity index (χ4n) is 1.40. The number of ether oxygens (including phenoxy) is 2. The molecule has 0 N–H and O–H groups in total. The van der Waals surface area contributed by atoms with Gasteiger partial charge in [0.1, 0.15) is 5.75 Å². The van der Waals surface area contributed by atoms with Crippen LogP contribution in [0.3, 0.4) is 0 Å². The summed E-state index contributed by atoms with van der Waals surface area (Å²) >= 11 is 0. The summed E-state index contributed by atoms with van der Waals surface area (Å²) in [6.07, 6.45) is 0. The van der Waals surface area contributed by atoms with E-state index in [-0.39, 0.29) is 0 Å². The maximum atomic E-state index is 5.53. The molecule has 15 heavy (non-hydrogen) atoms. The molecule has 1 aromatic rings. The third-order valence-corrected chi connectivity index (χ3v) is 1.87. The van der Waals surface area contributed by atoms with E-state index >= 15 is 0 Å². The van der Waals surface area contributed by atoms with Crippen molar-refractivity contribution in [1.82, 2.24) is 0 Å². The number of rotatable bonds is 2. The van der Waals surface area contributed by atoms with Gasteiger partial charge < -0.3 is 4.74 Å². The van der Waals surface area contributed by atoms with Crippen LogP contribution in [0, 0.1) is 0 Å². The van der Waals surface area contributed by atoms with E-state index in [0.717, 1.165) is 0 Å². The van der Waals surface area contributed by atoms with E-state index in [1.807, 2.05) is 30.3 Å². The van der Waals surface area contributed by atoms with E-state index in [1.54, 1.807) is 20.8 Å². The van der Waals surface area contributed by atoms with Crippen molar-refractivity contribution < 1.29 is 19.2 Å². The zero-order chi connectivity index (χ0) is 10.9. The van der Waals surface area contributed by atoms with E-state index < -0.39 is 11.8 Å². The molecule has 1 heterocycles. The van der Waals surface area contributed by atoms with Crippen molar-refractivity contribution in [1.29, 1.82) is 0 Å². The summed E-state index contributed by atoms with van der Waals surface area (Å²) in [6.45, 7) is 5.17. The van der Waals surface area contributed by atoms with E-state index in [4.69, 9.17) is 19.2 Å². The highest BCUT2D eigenvalue weighted by Gasteiger charge is 2.46. The molecule has 82 valence electrons. The fraction of sp³-hybridized carbons (Fsp3) is 0.455. The maximum Gasteiger partial charge on any atom is 0.354 e. The van der Waals surface area contributed by atoms with Gasteiger partial charge in [0.15, 0.2) is 0 Å². The highest BCUT2D eigenvalue weighted by atomic mass is 17.3. The van der Waals surface area contributed by atoms with E-state index in [2.05, 4.69) is 0 Å². The third-order valence-electron chi connectivity index (χ3n) is 1.87. The van der Waals surface area contributed by atoms with Gasteiger partial charge in [-0.05, 0) is 26.0 Å². The second-order valence-corrected chi connectivity index (χ2v) is 3.95. The Labute approximate surface area is 88.6 Å². The number of para-hydroxylation sites is 1. The fourth-order valence-corrected chi connectivity index (χ4v) is 1.40. The quantitative estimate of drug-likeness (QED) is 0.702. The Balaban J connectivity index is 2.07. The minimum absolute atomic E-state index is 0.668. The lowest BCUT2D eigenvalue weighted by Crippen LogP contribution is -2.36. The monoisotopic (exact) mass is 210 g/mol. The van der Waals surface area contributed by atoms with E-state index in [9.17, 15) is 0 Å². The standard InChI is InChI=1S/C11H14O4/c1-10(2)13-11(3,15-14-10)12-9-7-5-4-6-8-9/h4-8H,1-3H3. The molecular formula is C11H14O4. The van der Waals surface area contributed by atoms with Gasteiger partial charge in [0.25, 0.3) is 0 Å². The lowest BCUT2D eigenvalue weighted by atomic mass is 10.3. The van der Waals surface area contributed by atoms with Crippen molar-refractivity contribution in [3.05, 3.63) is 30.3 Å². The van der Waals surface area contributed by atoms with Crippen LogP contribution in [0.4, 0.5) is 0 Å². The Hall–Kier alpha value is -1.10. The minimum Gasteiger partial charge on any atom is -0.437 e. The lowest BCUT2D eigenvalue weighted by molar-refractivity contribution is -0.386. The van der Waals surface area contributed by atoms with Crippen LogP contribution in [-0.4, -0.2) is 11.8 Å². The molecule has 0 amide bonds. The average molecular weight is 210 g/mol. The Morgan fingerprint density at radius 2 is 1.67 bits per heavy atom. The molecule has 1 saturated heterocycles. The largest absolute Gasteiger partial charge is 0.437 e. The van der Waals surface area contributed by atoms with Gasteiger partial charge in [0.05, 0.1) is 0 Å². The SMILES string of the molecule is CC1(C)OOC(C)(Oc2ccccc2)O1. The van der Waals surface area contributed by atoms with Crippen LogP contribution in [0.25, 0.3) is 0 Å². The number of benzene rings is 1. The van der Waals surface area contributed by atoms with Crippen LogP contribution < -0.4 is 4.74 Å². The average Bonchev–Trinajstić information content (AvgIpc) is 2.42. The Morgan fingerprint density at radius 3 is 2.20 bits per heavy atom. The first kappa shape index (κ1) is 10.4. The molecule has 4 heteroatoms. The van der Waals surface area contributed by atoms with E-state index in [0.29, 0.717) is 5.75 Å². The van der Waals surface area contributed by atoms with Gasteiger partial charge in [-0.3, -0.25) is 4.74 Å². The van der Waals surface area contributed by atoms with Crippen LogP contribution in [0.15, 0.2) is 30.3 Å². The van der Waals surface area contributed by atoms with Gasteiger partial charge in [-0.15, -0.1) is 0 Å². The first-order valence-electron chi connectivity index (χ1n) is 4.80. The minimum atomic E-state index is -1.19. The van der Waals surface area contributed by atoms with Gasteiger partial charge in [-0.1, -0.05) is 18.2 Å². The first-order chi connectivity index (χ1) is 6.99. The van der Waals surface area contributed by atoms with Crippen molar-refractivity contribution in [2.75, 3.05) is 0 Å². The van der Waals surface area contributed by atoms with Crippen molar-refractivity contribution in [3.63, 3.8) is 0 Å². The molecule has 1 aromatic carbocycles. The predicted molar refractivity (Wildman–Crippen MR) is 52.8 cm³/mol. The molecule has 1 atom stereocenters. The van der Waals surface area contributed by atoms with Crippen molar-refractivity contribution in [2.45, 2.75) is 32.5 Å². The summed E-state index contributed by atoms with van der Waals surface area (Å²) < 4.78 is 11.0. The summed E-state index contributed by atoms with van der Waals surface area (Å²) in [5, 5.41) is 0. The Bertz CT molecular complexity index is 336. The van der Waals surface area contributed by atoms with E-state index in [1.165, 1.54) is 0 Å². The molecule has 1 unspecified atom stereocenters. The molecule has 0 aromatic heterocycles. The normalized spacial score (nSPS) is 29.0. The van der Waals surface area contributed by atoms with Crippen LogP contribution >= 0.6 is 0 Å². The Morgan fingerprint density at radius 1 is 1.00 bits per heavy atom. The molecule has 1 fully saturated rings. The first-order valence-corrected chi connectivity index (χ1v) is 4.80. The zero-order valence-corrected chi connectivity index (χ0v) is 9.02. The zero-order valence-electron chi connectivity index (χ0n) is 9.02. The molecular weight excluding hydrogens is 196 g/mol. The molecule has 1 aliphatic rings. The number of hydrogen-bond donors (Lipinski definition) is 0. The van der Waals surface area contributed by atoms with Crippen molar-refractivity contribution >= 4 is 0 Å². The van der Waals surface area contributed by atoms with Gasteiger partial charge >= 0.3 is 5.97 Å². The van der Waals surface area contributed by atoms with Crippen molar-refractivity contribution in [2.24, 2.45) is 0 Å². The summed E-state index contributed by atoms with van der Waals surface area (Å²) in [6, 6.07) is 9.30. The van der Waals surface area contributed by atoms with Gasteiger partial charge in [-0.2, -0.15) is 9.78 Å². The van der Waals surface area contributed by atoms with Crippen LogP contribution in [0.1, 0.15) is 20.8 Å². The third kappa shape index (κ3) is 2.47. The Kier molecular flexibility index (Phi) is 2.42. The lowest BCUT2D eigenvalue weighted by Gasteiger charge is -2.22. The molecule has 1 aliphatic heterocycles. The van der Waals surface area contributed by atoms with Gasteiger partial charge in [-0.25, -0.2) is 0 Å². The maximum absolute atomic E-state index is 5.53. The van der Waals surface area contributed by atoms with Crippen LogP contribution in [0.2, 0.25) is 0 Å². The second-order valence-electron chi connectivity index (χ2n) is 3.95. The van der Waals surface area contributed by atoms with Gasteiger partial charge in [0, 0.05) is 6.92 Å². The molecule has 2 rings (SSSR count).